The van der Waals surface area contributed by atoms with Gasteiger partial charge in [0.25, 0.3) is 11.6 Å². The second-order valence-electron chi connectivity index (χ2n) is 6.52. The molecule has 0 heterocycles. The largest absolute Gasteiger partial charge is 0.333 e. The number of halogens is 1. The van der Waals surface area contributed by atoms with E-state index in [0.29, 0.717) is 5.92 Å². The van der Waals surface area contributed by atoms with Crippen LogP contribution in [0.4, 0.5) is 11.4 Å². The number of anilines is 1. The van der Waals surface area contributed by atoms with Gasteiger partial charge in [0.2, 0.25) is 0 Å². The molecule has 26 heavy (non-hydrogen) atoms. The van der Waals surface area contributed by atoms with Crippen molar-refractivity contribution < 1.29 is 15.0 Å². The maximum atomic E-state index is 12.2. The maximum Gasteiger partial charge on any atom is 0.294 e. The summed E-state index contributed by atoms with van der Waals surface area (Å²) in [4.78, 5) is 22.7. The highest BCUT2D eigenvalue weighted by Crippen LogP contribution is 2.27. The first-order valence-corrected chi connectivity index (χ1v) is 8.82. The molecular formula is C19H23ClN3O3+. The van der Waals surface area contributed by atoms with E-state index in [4.69, 9.17) is 11.6 Å². The second kappa shape index (κ2) is 8.78. The van der Waals surface area contributed by atoms with Crippen molar-refractivity contribution in [1.82, 2.24) is 0 Å². The molecule has 2 rings (SSSR count). The van der Waals surface area contributed by atoms with Crippen molar-refractivity contribution in [3.05, 3.63) is 68.7 Å². The molecule has 0 saturated carbocycles. The van der Waals surface area contributed by atoms with Crippen molar-refractivity contribution in [3.8, 4) is 0 Å². The zero-order valence-corrected chi connectivity index (χ0v) is 15.8. The SMILES string of the molecule is CC(C)c1ccc([C@@H](C)[NH2+]CC(=O)Nc2ccc(Cl)cc2[N+](=O)[O-])cc1. The Morgan fingerprint density at radius 3 is 2.35 bits per heavy atom. The zero-order chi connectivity index (χ0) is 19.3. The van der Waals surface area contributed by atoms with E-state index in [9.17, 15) is 14.9 Å². The average molecular weight is 377 g/mol. The summed E-state index contributed by atoms with van der Waals surface area (Å²) >= 11 is 5.78. The molecular weight excluding hydrogens is 354 g/mol. The molecule has 1 atom stereocenters. The predicted octanol–water partition coefficient (Wildman–Crippen LogP) is 3.63. The Morgan fingerprint density at radius 2 is 1.77 bits per heavy atom. The topological polar surface area (TPSA) is 88.8 Å². The molecule has 1 amide bonds. The van der Waals surface area contributed by atoms with Crippen molar-refractivity contribution >= 4 is 28.9 Å². The van der Waals surface area contributed by atoms with E-state index in [1.54, 1.807) is 0 Å². The third-order valence-corrected chi connectivity index (χ3v) is 4.45. The summed E-state index contributed by atoms with van der Waals surface area (Å²) in [6.07, 6.45) is 0. The van der Waals surface area contributed by atoms with E-state index in [0.717, 1.165) is 5.56 Å². The Labute approximate surface area is 157 Å². The molecule has 0 saturated heterocycles. The number of nitrogens with two attached hydrogens (primary N) is 1. The molecule has 0 aliphatic carbocycles. The predicted molar refractivity (Wildman–Crippen MR) is 102 cm³/mol. The van der Waals surface area contributed by atoms with Crippen LogP contribution in [0.15, 0.2) is 42.5 Å². The van der Waals surface area contributed by atoms with Crippen LogP contribution in [0.1, 0.15) is 43.9 Å². The summed E-state index contributed by atoms with van der Waals surface area (Å²) in [7, 11) is 0. The fourth-order valence-corrected chi connectivity index (χ4v) is 2.73. The van der Waals surface area contributed by atoms with Crippen LogP contribution >= 0.6 is 11.6 Å². The minimum atomic E-state index is -0.565. The minimum absolute atomic E-state index is 0.0992. The molecule has 7 heteroatoms. The number of hydrogen-bond donors (Lipinski definition) is 2. The molecule has 0 aromatic heterocycles. The third kappa shape index (κ3) is 5.28. The Kier molecular flexibility index (Phi) is 6.71. The van der Waals surface area contributed by atoms with Gasteiger partial charge in [-0.2, -0.15) is 0 Å². The summed E-state index contributed by atoms with van der Waals surface area (Å²) in [5, 5.41) is 15.8. The lowest BCUT2D eigenvalue weighted by Crippen LogP contribution is -2.86. The first-order valence-electron chi connectivity index (χ1n) is 8.45. The lowest BCUT2D eigenvalue weighted by Gasteiger charge is -2.13. The third-order valence-electron chi connectivity index (χ3n) is 4.22. The Bertz CT molecular complexity index is 791. The number of benzene rings is 2. The van der Waals surface area contributed by atoms with Gasteiger partial charge in [-0.3, -0.25) is 14.9 Å². The molecule has 6 nitrogen and oxygen atoms in total. The van der Waals surface area contributed by atoms with Crippen molar-refractivity contribution in [2.45, 2.75) is 32.7 Å². The average Bonchev–Trinajstić information content (AvgIpc) is 2.61. The van der Waals surface area contributed by atoms with Gasteiger partial charge in [0, 0.05) is 16.7 Å². The van der Waals surface area contributed by atoms with Gasteiger partial charge < -0.3 is 10.6 Å². The summed E-state index contributed by atoms with van der Waals surface area (Å²) in [6.45, 7) is 6.46. The van der Waals surface area contributed by atoms with Crippen molar-refractivity contribution in [1.29, 1.82) is 0 Å². The Balaban J connectivity index is 1.95. The molecule has 0 spiro atoms. The number of amides is 1. The van der Waals surface area contributed by atoms with Crippen LogP contribution in [0, 0.1) is 10.1 Å². The number of carbonyl (C=O) groups is 1. The Hall–Kier alpha value is -2.44. The first kappa shape index (κ1) is 19.9. The fraction of sp³-hybridized carbons (Fsp3) is 0.316. The van der Waals surface area contributed by atoms with Crippen molar-refractivity contribution in [2.24, 2.45) is 0 Å². The number of nitrogens with one attached hydrogen (secondary N) is 1. The maximum absolute atomic E-state index is 12.2. The number of hydrogen-bond acceptors (Lipinski definition) is 3. The molecule has 138 valence electrons. The van der Waals surface area contributed by atoms with Gasteiger partial charge in [0.1, 0.15) is 11.7 Å². The van der Waals surface area contributed by atoms with E-state index in [1.165, 1.54) is 23.8 Å². The molecule has 0 radical (unpaired) electrons. The number of carbonyl (C=O) groups excluding carboxylic acids is 1. The summed E-state index contributed by atoms with van der Waals surface area (Å²) in [6, 6.07) is 12.6. The van der Waals surface area contributed by atoms with Gasteiger partial charge in [-0.1, -0.05) is 49.7 Å². The van der Waals surface area contributed by atoms with Crippen LogP contribution in [-0.2, 0) is 4.79 Å². The van der Waals surface area contributed by atoms with E-state index in [-0.39, 0.29) is 34.9 Å². The molecule has 0 fully saturated rings. The van der Waals surface area contributed by atoms with Crippen LogP contribution in [0.3, 0.4) is 0 Å². The Morgan fingerprint density at radius 1 is 1.15 bits per heavy atom. The zero-order valence-electron chi connectivity index (χ0n) is 15.0. The lowest BCUT2D eigenvalue weighted by atomic mass is 9.99. The monoisotopic (exact) mass is 376 g/mol. The quantitative estimate of drug-likeness (QED) is 0.571. The molecule has 3 N–H and O–H groups in total. The summed E-state index contributed by atoms with van der Waals surface area (Å²) in [5.74, 6) is 0.172. The highest BCUT2D eigenvalue weighted by molar-refractivity contribution is 6.31. The van der Waals surface area contributed by atoms with E-state index in [2.05, 4.69) is 43.4 Å². The highest BCUT2D eigenvalue weighted by atomic mass is 35.5. The van der Waals surface area contributed by atoms with E-state index < -0.39 is 4.92 Å². The van der Waals surface area contributed by atoms with Gasteiger partial charge in [-0.05, 0) is 30.5 Å². The van der Waals surface area contributed by atoms with Crippen molar-refractivity contribution in [2.75, 3.05) is 11.9 Å². The molecule has 2 aromatic carbocycles. The number of nitro benzene ring substituents is 1. The standard InChI is InChI=1S/C19H22ClN3O3/c1-12(2)14-4-6-15(7-5-14)13(3)21-11-19(24)22-17-9-8-16(20)10-18(17)23(25)26/h4-10,12-13,21H,11H2,1-3H3,(H,22,24)/p+1/t13-/m1/s1. The number of nitro groups is 1. The van der Waals surface area contributed by atoms with Crippen LogP contribution < -0.4 is 10.6 Å². The van der Waals surface area contributed by atoms with Crippen LogP contribution in [0.5, 0.6) is 0 Å². The molecule has 0 bridgehead atoms. The second-order valence-corrected chi connectivity index (χ2v) is 6.95. The number of rotatable bonds is 7. The fourth-order valence-electron chi connectivity index (χ4n) is 2.57. The molecule has 0 unspecified atom stereocenters. The summed E-state index contributed by atoms with van der Waals surface area (Å²) in [5.41, 5.74) is 2.32. The minimum Gasteiger partial charge on any atom is -0.333 e. The van der Waals surface area contributed by atoms with Gasteiger partial charge in [-0.15, -0.1) is 0 Å². The molecule has 0 aliphatic heterocycles. The normalized spacial score (nSPS) is 12.0. The van der Waals surface area contributed by atoms with E-state index in [1.807, 2.05) is 12.2 Å². The van der Waals surface area contributed by atoms with E-state index >= 15 is 0 Å². The van der Waals surface area contributed by atoms with Crippen LogP contribution in [-0.4, -0.2) is 17.4 Å². The smallest absolute Gasteiger partial charge is 0.294 e. The van der Waals surface area contributed by atoms with Crippen LogP contribution in [0.25, 0.3) is 0 Å². The van der Waals surface area contributed by atoms with Gasteiger partial charge >= 0.3 is 0 Å². The van der Waals surface area contributed by atoms with Gasteiger partial charge in [0.15, 0.2) is 6.54 Å². The van der Waals surface area contributed by atoms with Crippen molar-refractivity contribution in [3.63, 3.8) is 0 Å². The molecule has 0 aliphatic rings. The first-order chi connectivity index (χ1) is 12.3. The highest BCUT2D eigenvalue weighted by Gasteiger charge is 2.18. The van der Waals surface area contributed by atoms with Crippen LogP contribution in [0.2, 0.25) is 5.02 Å². The summed E-state index contributed by atoms with van der Waals surface area (Å²) < 4.78 is 0. The number of quaternary nitrogens is 1. The molecule has 2 aromatic rings. The van der Waals surface area contributed by atoms with Gasteiger partial charge in [0.05, 0.1) is 4.92 Å². The lowest BCUT2D eigenvalue weighted by molar-refractivity contribution is -0.682. The number of nitrogens with zero attached hydrogens (tertiary/aromatic N) is 1. The van der Waals surface area contributed by atoms with Gasteiger partial charge in [-0.25, -0.2) is 0 Å².